The minimum atomic E-state index is -4.66. The summed E-state index contributed by atoms with van der Waals surface area (Å²) in [4.78, 5) is 8.27. The Kier molecular flexibility index (Phi) is 4.00. The quantitative estimate of drug-likeness (QED) is 0.751. The van der Waals surface area contributed by atoms with Gasteiger partial charge in [0.2, 0.25) is 5.82 Å². The molecule has 20 heavy (non-hydrogen) atoms. The molecule has 3 N–H and O–H groups in total. The van der Waals surface area contributed by atoms with E-state index in [-0.39, 0.29) is 24.7 Å². The van der Waals surface area contributed by atoms with Gasteiger partial charge in [0.1, 0.15) is 11.6 Å². The molecule has 2 rings (SSSR count). The van der Waals surface area contributed by atoms with Gasteiger partial charge < -0.3 is 20.4 Å². The van der Waals surface area contributed by atoms with Crippen molar-refractivity contribution in [2.75, 3.05) is 29.9 Å². The first-order valence-corrected chi connectivity index (χ1v) is 6.12. The zero-order chi connectivity index (χ0) is 14.9. The van der Waals surface area contributed by atoms with Crippen molar-refractivity contribution >= 4 is 11.6 Å². The third-order valence-electron chi connectivity index (χ3n) is 2.91. The third-order valence-corrected chi connectivity index (χ3v) is 2.91. The van der Waals surface area contributed by atoms with E-state index >= 15 is 0 Å². The summed E-state index contributed by atoms with van der Waals surface area (Å²) in [5.74, 6) is -1.17. The summed E-state index contributed by atoms with van der Waals surface area (Å²) in [5.41, 5.74) is 0. The standard InChI is InChI=1S/C11H15F3N4O2/c1-2-15-8-3-9(17-10(16-8)11(12,13)14)18-4-6(19)7(20)5-18/h3,6-7,19-20H,2,4-5H2,1H3,(H,15,16,17). The summed E-state index contributed by atoms with van der Waals surface area (Å²) in [6, 6.07) is 1.36. The molecule has 1 aliphatic heterocycles. The Balaban J connectivity index is 2.35. The molecule has 0 saturated carbocycles. The second kappa shape index (κ2) is 5.41. The van der Waals surface area contributed by atoms with Crippen LogP contribution in [0.5, 0.6) is 0 Å². The van der Waals surface area contributed by atoms with E-state index in [9.17, 15) is 23.4 Å². The van der Waals surface area contributed by atoms with Crippen LogP contribution in [-0.4, -0.2) is 52.0 Å². The monoisotopic (exact) mass is 292 g/mol. The number of nitrogens with zero attached hydrogens (tertiary/aromatic N) is 3. The Hall–Kier alpha value is -1.61. The molecule has 1 saturated heterocycles. The minimum Gasteiger partial charge on any atom is -0.389 e. The van der Waals surface area contributed by atoms with E-state index in [4.69, 9.17) is 0 Å². The zero-order valence-electron chi connectivity index (χ0n) is 10.7. The van der Waals surface area contributed by atoms with Crippen LogP contribution in [0.15, 0.2) is 6.07 Å². The van der Waals surface area contributed by atoms with Crippen molar-refractivity contribution in [3.8, 4) is 0 Å². The molecule has 1 aromatic rings. The summed E-state index contributed by atoms with van der Waals surface area (Å²) in [7, 11) is 0. The number of alkyl halides is 3. The van der Waals surface area contributed by atoms with Crippen molar-refractivity contribution in [1.82, 2.24) is 9.97 Å². The van der Waals surface area contributed by atoms with Gasteiger partial charge in [0.25, 0.3) is 0 Å². The molecule has 6 nitrogen and oxygen atoms in total. The highest BCUT2D eigenvalue weighted by molar-refractivity contribution is 5.50. The maximum absolute atomic E-state index is 12.8. The van der Waals surface area contributed by atoms with Gasteiger partial charge in [0.15, 0.2) is 0 Å². The topological polar surface area (TPSA) is 81.5 Å². The van der Waals surface area contributed by atoms with Crippen molar-refractivity contribution in [3.05, 3.63) is 11.9 Å². The fourth-order valence-corrected chi connectivity index (χ4v) is 1.95. The Morgan fingerprint density at radius 1 is 1.30 bits per heavy atom. The normalized spacial score (nSPS) is 23.2. The van der Waals surface area contributed by atoms with E-state index < -0.39 is 24.2 Å². The van der Waals surface area contributed by atoms with Gasteiger partial charge in [-0.1, -0.05) is 0 Å². The van der Waals surface area contributed by atoms with Crippen molar-refractivity contribution in [3.63, 3.8) is 0 Å². The highest BCUT2D eigenvalue weighted by Gasteiger charge is 2.37. The van der Waals surface area contributed by atoms with Gasteiger partial charge in [-0.3, -0.25) is 0 Å². The van der Waals surface area contributed by atoms with E-state index in [1.165, 1.54) is 11.0 Å². The summed E-state index contributed by atoms with van der Waals surface area (Å²) in [6.07, 6.45) is -6.65. The van der Waals surface area contributed by atoms with Gasteiger partial charge in [0, 0.05) is 25.7 Å². The zero-order valence-corrected chi connectivity index (χ0v) is 10.7. The largest absolute Gasteiger partial charge is 0.451 e. The number of hydrogen-bond donors (Lipinski definition) is 3. The van der Waals surface area contributed by atoms with Gasteiger partial charge in [-0.25, -0.2) is 9.97 Å². The molecule has 2 atom stereocenters. The molecular weight excluding hydrogens is 277 g/mol. The number of anilines is 2. The van der Waals surface area contributed by atoms with E-state index in [2.05, 4.69) is 15.3 Å². The number of β-amino-alcohol motifs (C(OH)–C–C–N with tert-alkyl or cyclic N) is 2. The molecule has 1 fully saturated rings. The molecule has 0 spiro atoms. The van der Waals surface area contributed by atoms with Crippen LogP contribution in [0.1, 0.15) is 12.7 Å². The van der Waals surface area contributed by atoms with Crippen LogP contribution in [-0.2, 0) is 6.18 Å². The van der Waals surface area contributed by atoms with Crippen LogP contribution >= 0.6 is 0 Å². The van der Waals surface area contributed by atoms with Crippen LogP contribution in [0.4, 0.5) is 24.8 Å². The number of aromatic nitrogens is 2. The van der Waals surface area contributed by atoms with Crippen LogP contribution in [0.25, 0.3) is 0 Å². The molecule has 2 unspecified atom stereocenters. The average molecular weight is 292 g/mol. The van der Waals surface area contributed by atoms with Crippen molar-refractivity contribution in [2.45, 2.75) is 25.3 Å². The predicted octanol–water partition coefficient (Wildman–Crippen LogP) is 0.469. The predicted molar refractivity (Wildman–Crippen MR) is 65.4 cm³/mol. The molecule has 112 valence electrons. The number of halogens is 3. The number of aliphatic hydroxyl groups excluding tert-OH is 2. The molecule has 0 aliphatic carbocycles. The molecule has 0 bridgehead atoms. The Bertz CT molecular complexity index is 473. The van der Waals surface area contributed by atoms with Gasteiger partial charge >= 0.3 is 6.18 Å². The molecule has 0 amide bonds. The fourth-order valence-electron chi connectivity index (χ4n) is 1.95. The van der Waals surface area contributed by atoms with E-state index in [1.54, 1.807) is 6.92 Å². The van der Waals surface area contributed by atoms with Gasteiger partial charge in [-0.05, 0) is 6.92 Å². The highest BCUT2D eigenvalue weighted by atomic mass is 19.4. The highest BCUT2D eigenvalue weighted by Crippen LogP contribution is 2.30. The Morgan fingerprint density at radius 3 is 2.40 bits per heavy atom. The molecule has 0 radical (unpaired) electrons. The molecule has 0 aromatic carbocycles. The summed E-state index contributed by atoms with van der Waals surface area (Å²) in [6.45, 7) is 2.21. The van der Waals surface area contributed by atoms with Crippen LogP contribution < -0.4 is 10.2 Å². The number of rotatable bonds is 3. The summed E-state index contributed by atoms with van der Waals surface area (Å²) < 4.78 is 38.3. The van der Waals surface area contributed by atoms with Crippen LogP contribution in [0, 0.1) is 0 Å². The smallest absolute Gasteiger partial charge is 0.389 e. The second-order valence-electron chi connectivity index (χ2n) is 4.50. The maximum Gasteiger partial charge on any atom is 0.451 e. The second-order valence-corrected chi connectivity index (χ2v) is 4.50. The lowest BCUT2D eigenvalue weighted by Gasteiger charge is -2.19. The van der Waals surface area contributed by atoms with E-state index in [1.807, 2.05) is 0 Å². The lowest BCUT2D eigenvalue weighted by molar-refractivity contribution is -0.144. The van der Waals surface area contributed by atoms with Crippen LogP contribution in [0.3, 0.4) is 0 Å². The molecule has 2 heterocycles. The molecule has 9 heteroatoms. The SMILES string of the molecule is CCNc1cc(N2CC(O)C(O)C2)nc(C(F)(F)F)n1. The lowest BCUT2D eigenvalue weighted by atomic mass is 10.3. The minimum absolute atomic E-state index is 0.0267. The van der Waals surface area contributed by atoms with Crippen molar-refractivity contribution in [2.24, 2.45) is 0 Å². The number of nitrogens with one attached hydrogen (secondary N) is 1. The number of hydrogen-bond acceptors (Lipinski definition) is 6. The molecular formula is C11H15F3N4O2. The van der Waals surface area contributed by atoms with Crippen LogP contribution in [0.2, 0.25) is 0 Å². The van der Waals surface area contributed by atoms with Crippen molar-refractivity contribution in [1.29, 1.82) is 0 Å². The first-order valence-electron chi connectivity index (χ1n) is 6.12. The average Bonchev–Trinajstić information content (AvgIpc) is 2.69. The lowest BCUT2D eigenvalue weighted by Crippen LogP contribution is -2.24. The number of aliphatic hydroxyl groups is 2. The van der Waals surface area contributed by atoms with E-state index in [0.29, 0.717) is 6.54 Å². The first-order chi connectivity index (χ1) is 9.31. The fraction of sp³-hybridized carbons (Fsp3) is 0.636. The van der Waals surface area contributed by atoms with Gasteiger partial charge in [-0.2, -0.15) is 13.2 Å². The summed E-state index contributed by atoms with van der Waals surface area (Å²) in [5, 5.41) is 21.6. The molecule has 1 aliphatic rings. The maximum atomic E-state index is 12.8. The Labute approximate surface area is 113 Å². The van der Waals surface area contributed by atoms with Gasteiger partial charge in [0.05, 0.1) is 12.2 Å². The van der Waals surface area contributed by atoms with Crippen molar-refractivity contribution < 1.29 is 23.4 Å². The first kappa shape index (κ1) is 14.8. The Morgan fingerprint density at radius 2 is 1.90 bits per heavy atom. The third kappa shape index (κ3) is 3.10. The van der Waals surface area contributed by atoms with Gasteiger partial charge in [-0.15, -0.1) is 0 Å². The summed E-state index contributed by atoms with van der Waals surface area (Å²) >= 11 is 0. The van der Waals surface area contributed by atoms with E-state index in [0.717, 1.165) is 0 Å². The molecule has 1 aromatic heterocycles.